The zero-order chi connectivity index (χ0) is 9.83. The Morgan fingerprint density at radius 3 is 1.83 bits per heavy atom. The van der Waals surface area contributed by atoms with Crippen LogP contribution in [0.25, 0.3) is 0 Å². The van der Waals surface area contributed by atoms with E-state index in [1.165, 1.54) is 17.9 Å². The summed E-state index contributed by atoms with van der Waals surface area (Å²) in [5.41, 5.74) is 0.969. The van der Waals surface area contributed by atoms with Crippen LogP contribution in [0.5, 0.6) is 0 Å². The highest BCUT2D eigenvalue weighted by Gasteiger charge is 2.24. The first kappa shape index (κ1) is 12.3. The zero-order valence-corrected chi connectivity index (χ0v) is 10.3. The van der Waals surface area contributed by atoms with E-state index in [1.54, 1.807) is 0 Å². The SMILES string of the molecule is CCSCC(C)(C)CC(C)(C)C. The second-order valence-corrected chi connectivity index (χ2v) is 6.81. The lowest BCUT2D eigenvalue weighted by Crippen LogP contribution is -2.23. The van der Waals surface area contributed by atoms with Gasteiger partial charge in [0, 0.05) is 0 Å². The summed E-state index contributed by atoms with van der Waals surface area (Å²) < 4.78 is 0. The van der Waals surface area contributed by atoms with Crippen LogP contribution >= 0.6 is 11.8 Å². The third-order valence-corrected chi connectivity index (χ3v) is 3.10. The van der Waals surface area contributed by atoms with E-state index in [2.05, 4.69) is 53.3 Å². The quantitative estimate of drug-likeness (QED) is 0.637. The van der Waals surface area contributed by atoms with Crippen molar-refractivity contribution in [3.8, 4) is 0 Å². The van der Waals surface area contributed by atoms with Crippen LogP contribution in [0.2, 0.25) is 0 Å². The van der Waals surface area contributed by atoms with Gasteiger partial charge in [-0.25, -0.2) is 0 Å². The van der Waals surface area contributed by atoms with Crippen molar-refractivity contribution >= 4 is 11.8 Å². The Labute approximate surface area is 82.5 Å². The second kappa shape index (κ2) is 4.55. The minimum absolute atomic E-state index is 0.470. The maximum atomic E-state index is 2.38. The fourth-order valence-electron chi connectivity index (χ4n) is 1.87. The normalized spacial score (nSPS) is 13.5. The Hall–Kier alpha value is 0.350. The molecule has 0 radical (unpaired) electrons. The van der Waals surface area contributed by atoms with E-state index in [9.17, 15) is 0 Å². The van der Waals surface area contributed by atoms with Crippen molar-refractivity contribution in [1.29, 1.82) is 0 Å². The van der Waals surface area contributed by atoms with Gasteiger partial charge in [0.1, 0.15) is 0 Å². The Kier molecular flexibility index (Phi) is 4.68. The average molecular weight is 188 g/mol. The van der Waals surface area contributed by atoms with Gasteiger partial charge in [0.15, 0.2) is 0 Å². The highest BCUT2D eigenvalue weighted by Crippen LogP contribution is 2.35. The van der Waals surface area contributed by atoms with E-state index in [-0.39, 0.29) is 0 Å². The smallest absolute Gasteiger partial charge is 0.00160 e. The molecule has 0 bridgehead atoms. The lowest BCUT2D eigenvalue weighted by Gasteiger charge is -2.32. The van der Waals surface area contributed by atoms with Gasteiger partial charge in [0.25, 0.3) is 0 Å². The van der Waals surface area contributed by atoms with Crippen LogP contribution in [0.1, 0.15) is 48.0 Å². The molecule has 0 aromatic rings. The molecule has 0 atom stereocenters. The van der Waals surface area contributed by atoms with Gasteiger partial charge in [0.05, 0.1) is 0 Å². The largest absolute Gasteiger partial charge is 0.162 e. The summed E-state index contributed by atoms with van der Waals surface area (Å²) in [6.07, 6.45) is 1.31. The molecule has 0 heterocycles. The van der Waals surface area contributed by atoms with Gasteiger partial charge in [-0.3, -0.25) is 0 Å². The number of rotatable bonds is 4. The third-order valence-electron chi connectivity index (χ3n) is 1.71. The zero-order valence-electron chi connectivity index (χ0n) is 9.53. The van der Waals surface area contributed by atoms with Crippen molar-refractivity contribution in [2.75, 3.05) is 11.5 Å². The number of hydrogen-bond acceptors (Lipinski definition) is 1. The van der Waals surface area contributed by atoms with Gasteiger partial charge in [-0.05, 0) is 28.8 Å². The fourth-order valence-corrected chi connectivity index (χ4v) is 2.72. The predicted molar refractivity (Wildman–Crippen MR) is 60.9 cm³/mol. The first-order chi connectivity index (χ1) is 5.27. The Morgan fingerprint density at radius 1 is 1.00 bits per heavy atom. The Bertz CT molecular complexity index is 119. The van der Waals surface area contributed by atoms with Gasteiger partial charge >= 0.3 is 0 Å². The molecule has 0 aliphatic rings. The Morgan fingerprint density at radius 2 is 1.50 bits per heavy atom. The van der Waals surface area contributed by atoms with Gasteiger partial charge in [-0.2, -0.15) is 11.8 Å². The fraction of sp³-hybridized carbons (Fsp3) is 1.00. The molecule has 0 nitrogen and oxygen atoms in total. The van der Waals surface area contributed by atoms with Crippen LogP contribution < -0.4 is 0 Å². The summed E-state index contributed by atoms with van der Waals surface area (Å²) in [5.74, 6) is 2.54. The van der Waals surface area contributed by atoms with Crippen molar-refractivity contribution in [1.82, 2.24) is 0 Å². The standard InChI is InChI=1S/C11H24S/c1-7-12-9-11(5,6)8-10(2,3)4/h7-9H2,1-6H3. The lowest BCUT2D eigenvalue weighted by atomic mass is 9.77. The molecule has 0 spiro atoms. The molecule has 0 rings (SSSR count). The molecule has 0 aliphatic carbocycles. The van der Waals surface area contributed by atoms with Crippen LogP contribution in [0.3, 0.4) is 0 Å². The molecule has 0 saturated carbocycles. The minimum Gasteiger partial charge on any atom is -0.162 e. The van der Waals surface area contributed by atoms with Crippen LogP contribution in [0.4, 0.5) is 0 Å². The molecule has 0 aromatic carbocycles. The minimum atomic E-state index is 0.470. The third kappa shape index (κ3) is 7.02. The molecule has 12 heavy (non-hydrogen) atoms. The molecule has 0 unspecified atom stereocenters. The highest BCUT2D eigenvalue weighted by atomic mass is 32.2. The summed E-state index contributed by atoms with van der Waals surface area (Å²) >= 11 is 2.06. The van der Waals surface area contributed by atoms with E-state index in [0.717, 1.165) is 0 Å². The van der Waals surface area contributed by atoms with E-state index >= 15 is 0 Å². The van der Waals surface area contributed by atoms with Gasteiger partial charge in [-0.15, -0.1) is 0 Å². The lowest BCUT2D eigenvalue weighted by molar-refractivity contribution is 0.238. The second-order valence-electron chi connectivity index (χ2n) is 5.54. The topological polar surface area (TPSA) is 0 Å². The van der Waals surface area contributed by atoms with Crippen molar-refractivity contribution in [3.63, 3.8) is 0 Å². The Balaban J connectivity index is 3.86. The summed E-state index contributed by atoms with van der Waals surface area (Å²) in [6, 6.07) is 0. The molecular weight excluding hydrogens is 164 g/mol. The summed E-state index contributed by atoms with van der Waals surface area (Å²) in [7, 11) is 0. The molecular formula is C11H24S. The molecule has 0 fully saturated rings. The van der Waals surface area contributed by atoms with Crippen molar-refractivity contribution < 1.29 is 0 Å². The predicted octanol–water partition coefficient (Wildman–Crippen LogP) is 4.20. The van der Waals surface area contributed by atoms with Gasteiger partial charge in [-0.1, -0.05) is 41.5 Å². The van der Waals surface area contributed by atoms with Crippen molar-refractivity contribution in [2.24, 2.45) is 10.8 Å². The van der Waals surface area contributed by atoms with Crippen LogP contribution in [-0.2, 0) is 0 Å². The molecule has 0 saturated heterocycles. The molecule has 74 valence electrons. The highest BCUT2D eigenvalue weighted by molar-refractivity contribution is 7.99. The van der Waals surface area contributed by atoms with Crippen LogP contribution in [0.15, 0.2) is 0 Å². The van der Waals surface area contributed by atoms with E-state index in [0.29, 0.717) is 10.8 Å². The monoisotopic (exact) mass is 188 g/mol. The van der Waals surface area contributed by atoms with E-state index < -0.39 is 0 Å². The van der Waals surface area contributed by atoms with E-state index in [1.807, 2.05) is 0 Å². The average Bonchev–Trinajstić information content (AvgIpc) is 1.78. The summed E-state index contributed by atoms with van der Waals surface area (Å²) in [6.45, 7) is 14.0. The molecule has 0 aliphatic heterocycles. The first-order valence-electron chi connectivity index (χ1n) is 4.85. The first-order valence-corrected chi connectivity index (χ1v) is 6.00. The maximum absolute atomic E-state index is 2.38. The number of thioether (sulfide) groups is 1. The van der Waals surface area contributed by atoms with Gasteiger partial charge < -0.3 is 0 Å². The molecule has 1 heteroatoms. The van der Waals surface area contributed by atoms with Crippen molar-refractivity contribution in [3.05, 3.63) is 0 Å². The van der Waals surface area contributed by atoms with Gasteiger partial charge in [0.2, 0.25) is 0 Å². The van der Waals surface area contributed by atoms with E-state index in [4.69, 9.17) is 0 Å². The van der Waals surface area contributed by atoms with Crippen molar-refractivity contribution in [2.45, 2.75) is 48.0 Å². The van der Waals surface area contributed by atoms with Crippen LogP contribution in [0, 0.1) is 10.8 Å². The van der Waals surface area contributed by atoms with Crippen LogP contribution in [-0.4, -0.2) is 11.5 Å². The number of hydrogen-bond donors (Lipinski definition) is 0. The summed E-state index contributed by atoms with van der Waals surface area (Å²) in [5, 5.41) is 0. The summed E-state index contributed by atoms with van der Waals surface area (Å²) in [4.78, 5) is 0. The molecule has 0 N–H and O–H groups in total. The maximum Gasteiger partial charge on any atom is -0.00160 e. The molecule has 0 amide bonds. The molecule has 0 aromatic heterocycles.